The van der Waals surface area contributed by atoms with Crippen LogP contribution in [-0.2, 0) is 6.54 Å². The topological polar surface area (TPSA) is 85.2 Å². The van der Waals surface area contributed by atoms with Crippen molar-refractivity contribution in [3.8, 4) is 5.75 Å². The van der Waals surface area contributed by atoms with Gasteiger partial charge in [-0.15, -0.1) is 0 Å². The van der Waals surface area contributed by atoms with Crippen molar-refractivity contribution in [2.45, 2.75) is 13.5 Å². The van der Waals surface area contributed by atoms with E-state index in [0.717, 1.165) is 16.8 Å². The van der Waals surface area contributed by atoms with E-state index >= 15 is 0 Å². The van der Waals surface area contributed by atoms with Gasteiger partial charge in [-0.05, 0) is 54.4 Å². The molecule has 0 aliphatic heterocycles. The summed E-state index contributed by atoms with van der Waals surface area (Å²) in [5.41, 5.74) is 4.33. The van der Waals surface area contributed by atoms with Gasteiger partial charge in [0.15, 0.2) is 0 Å². The second-order valence-corrected chi connectivity index (χ2v) is 7.58. The molecule has 0 radical (unpaired) electrons. The van der Waals surface area contributed by atoms with Crippen LogP contribution in [0.4, 0.5) is 11.4 Å². The van der Waals surface area contributed by atoms with Crippen molar-refractivity contribution in [2.75, 3.05) is 17.7 Å². The summed E-state index contributed by atoms with van der Waals surface area (Å²) < 4.78 is 7.01. The third-order valence-corrected chi connectivity index (χ3v) is 5.17. The minimum Gasteiger partial charge on any atom is -0.497 e. The third kappa shape index (κ3) is 5.46. The smallest absolute Gasteiger partial charge is 0.275 e. The Hall–Kier alpha value is -4.39. The Morgan fingerprint density at radius 2 is 1.73 bits per heavy atom. The monoisotopic (exact) mass is 440 g/mol. The summed E-state index contributed by atoms with van der Waals surface area (Å²) in [6.45, 7) is 2.49. The van der Waals surface area contributed by atoms with Gasteiger partial charge >= 0.3 is 0 Å². The van der Waals surface area contributed by atoms with Crippen LogP contribution >= 0.6 is 0 Å². The summed E-state index contributed by atoms with van der Waals surface area (Å²) in [5, 5.41) is 5.77. The number of carbonyl (C=O) groups is 2. The average Bonchev–Trinajstić information content (AvgIpc) is 3.30. The lowest BCUT2D eigenvalue weighted by molar-refractivity contribution is 0.101. The molecule has 33 heavy (non-hydrogen) atoms. The van der Waals surface area contributed by atoms with Crippen LogP contribution in [0.3, 0.4) is 0 Å². The van der Waals surface area contributed by atoms with Gasteiger partial charge in [0.25, 0.3) is 11.8 Å². The molecule has 4 aromatic rings. The van der Waals surface area contributed by atoms with Crippen LogP contribution in [0.15, 0.2) is 85.3 Å². The van der Waals surface area contributed by atoms with E-state index in [4.69, 9.17) is 4.74 Å². The van der Waals surface area contributed by atoms with Crippen LogP contribution in [0.1, 0.15) is 32.0 Å². The zero-order valence-corrected chi connectivity index (χ0v) is 18.4. The summed E-state index contributed by atoms with van der Waals surface area (Å²) in [4.78, 5) is 29.2. The Labute approximate surface area is 192 Å². The number of para-hydroxylation sites is 1. The number of hydrogen-bond donors (Lipinski definition) is 2. The highest BCUT2D eigenvalue weighted by molar-refractivity contribution is 6.04. The third-order valence-electron chi connectivity index (χ3n) is 5.17. The highest BCUT2D eigenvalue weighted by Gasteiger charge is 2.11. The first kappa shape index (κ1) is 21.8. The van der Waals surface area contributed by atoms with Crippen LogP contribution in [-0.4, -0.2) is 28.5 Å². The van der Waals surface area contributed by atoms with E-state index in [-0.39, 0.29) is 11.8 Å². The van der Waals surface area contributed by atoms with Gasteiger partial charge in [-0.2, -0.15) is 0 Å². The number of rotatable bonds is 7. The van der Waals surface area contributed by atoms with Gasteiger partial charge in [-0.3, -0.25) is 9.59 Å². The molecular formula is C26H24N4O3. The van der Waals surface area contributed by atoms with Crippen LogP contribution in [0.2, 0.25) is 0 Å². The number of benzene rings is 3. The summed E-state index contributed by atoms with van der Waals surface area (Å²) in [5.74, 6) is 0.171. The maximum Gasteiger partial charge on any atom is 0.275 e. The fourth-order valence-electron chi connectivity index (χ4n) is 3.34. The number of imidazole rings is 1. The first-order chi connectivity index (χ1) is 16.0. The molecule has 0 aliphatic carbocycles. The highest BCUT2D eigenvalue weighted by atomic mass is 16.5. The van der Waals surface area contributed by atoms with Crippen molar-refractivity contribution in [1.29, 1.82) is 0 Å². The molecule has 0 fully saturated rings. The first-order valence-corrected chi connectivity index (χ1v) is 10.4. The van der Waals surface area contributed by atoms with Gasteiger partial charge < -0.3 is 19.9 Å². The van der Waals surface area contributed by atoms with E-state index in [0.29, 0.717) is 29.2 Å². The van der Waals surface area contributed by atoms with Crippen molar-refractivity contribution in [3.05, 3.63) is 108 Å². The quantitative estimate of drug-likeness (QED) is 0.434. The molecule has 7 nitrogen and oxygen atoms in total. The van der Waals surface area contributed by atoms with Crippen molar-refractivity contribution in [3.63, 3.8) is 0 Å². The number of nitrogens with zero attached hydrogens (tertiary/aromatic N) is 2. The number of amides is 2. The number of aryl methyl sites for hydroxylation is 1. The standard InChI is InChI=1S/C26H24N4O3/c1-18-6-3-4-9-23(18)29-26(32)24-16-30(17-27-24)15-19-10-12-21(13-11-19)28-25(31)20-7-5-8-22(14-20)33-2/h3-14,16-17H,15H2,1-2H3,(H,28,31)(H,29,32). The fourth-order valence-corrected chi connectivity index (χ4v) is 3.34. The fraction of sp³-hybridized carbons (Fsp3) is 0.115. The molecule has 0 bridgehead atoms. The first-order valence-electron chi connectivity index (χ1n) is 10.4. The lowest BCUT2D eigenvalue weighted by Crippen LogP contribution is -2.13. The number of hydrogen-bond acceptors (Lipinski definition) is 4. The van der Waals surface area contributed by atoms with Gasteiger partial charge in [0.05, 0.1) is 13.4 Å². The second-order valence-electron chi connectivity index (χ2n) is 7.58. The molecule has 166 valence electrons. The van der Waals surface area contributed by atoms with E-state index in [9.17, 15) is 9.59 Å². The van der Waals surface area contributed by atoms with Gasteiger partial charge in [0.1, 0.15) is 11.4 Å². The average molecular weight is 441 g/mol. The van der Waals surface area contributed by atoms with Gasteiger partial charge in [0.2, 0.25) is 0 Å². The zero-order valence-electron chi connectivity index (χ0n) is 18.4. The molecular weight excluding hydrogens is 416 g/mol. The molecule has 0 aliphatic rings. The Morgan fingerprint density at radius 3 is 2.48 bits per heavy atom. The number of nitrogens with one attached hydrogen (secondary N) is 2. The number of aromatic nitrogens is 2. The molecule has 0 saturated carbocycles. The Bertz CT molecular complexity index is 1280. The van der Waals surface area contributed by atoms with E-state index in [1.54, 1.807) is 43.9 Å². The highest BCUT2D eigenvalue weighted by Crippen LogP contribution is 2.17. The lowest BCUT2D eigenvalue weighted by atomic mass is 10.1. The number of anilines is 2. The molecule has 2 amide bonds. The molecule has 1 heterocycles. The molecule has 1 aromatic heterocycles. The summed E-state index contributed by atoms with van der Waals surface area (Å²) in [6.07, 6.45) is 3.34. The SMILES string of the molecule is COc1cccc(C(=O)Nc2ccc(Cn3cnc(C(=O)Nc4ccccc4C)c3)cc2)c1. The van der Waals surface area contributed by atoms with Crippen molar-refractivity contribution < 1.29 is 14.3 Å². The molecule has 4 rings (SSSR count). The van der Waals surface area contributed by atoms with Crippen LogP contribution < -0.4 is 15.4 Å². The van der Waals surface area contributed by atoms with Gasteiger partial charge in [0, 0.05) is 29.7 Å². The molecule has 0 atom stereocenters. The molecule has 2 N–H and O–H groups in total. The Morgan fingerprint density at radius 1 is 0.939 bits per heavy atom. The number of ether oxygens (including phenoxy) is 1. The Kier molecular flexibility index (Phi) is 6.50. The van der Waals surface area contributed by atoms with E-state index in [1.165, 1.54) is 0 Å². The molecule has 3 aromatic carbocycles. The minimum atomic E-state index is -0.251. The summed E-state index contributed by atoms with van der Waals surface area (Å²) in [7, 11) is 1.57. The predicted octanol–water partition coefficient (Wildman–Crippen LogP) is 4.75. The normalized spacial score (nSPS) is 10.5. The van der Waals surface area contributed by atoms with E-state index < -0.39 is 0 Å². The molecule has 7 heteroatoms. The second kappa shape index (κ2) is 9.82. The summed E-state index contributed by atoms with van der Waals surface area (Å²) in [6, 6.07) is 22.1. The number of carbonyl (C=O) groups excluding carboxylic acids is 2. The van der Waals surface area contributed by atoms with Crippen LogP contribution in [0.5, 0.6) is 5.75 Å². The van der Waals surface area contributed by atoms with Gasteiger partial charge in [-0.1, -0.05) is 36.4 Å². The Balaban J connectivity index is 1.36. The number of methoxy groups -OCH3 is 1. The van der Waals surface area contributed by atoms with Crippen LogP contribution in [0.25, 0.3) is 0 Å². The minimum absolute atomic E-state index is 0.208. The van der Waals surface area contributed by atoms with E-state index in [1.807, 2.05) is 60.0 Å². The largest absolute Gasteiger partial charge is 0.497 e. The molecule has 0 spiro atoms. The zero-order chi connectivity index (χ0) is 23.2. The lowest BCUT2D eigenvalue weighted by Gasteiger charge is -2.08. The van der Waals surface area contributed by atoms with E-state index in [2.05, 4.69) is 15.6 Å². The van der Waals surface area contributed by atoms with Gasteiger partial charge in [-0.25, -0.2) is 4.98 Å². The van der Waals surface area contributed by atoms with Crippen molar-refractivity contribution in [1.82, 2.24) is 9.55 Å². The maximum absolute atomic E-state index is 12.5. The van der Waals surface area contributed by atoms with Crippen molar-refractivity contribution in [2.24, 2.45) is 0 Å². The molecule has 0 unspecified atom stereocenters. The predicted molar refractivity (Wildman–Crippen MR) is 128 cm³/mol. The molecule has 0 saturated heterocycles. The van der Waals surface area contributed by atoms with Crippen molar-refractivity contribution >= 4 is 23.2 Å². The van der Waals surface area contributed by atoms with Crippen LogP contribution in [0, 0.1) is 6.92 Å². The summed E-state index contributed by atoms with van der Waals surface area (Å²) >= 11 is 0. The maximum atomic E-state index is 12.5.